The Morgan fingerprint density at radius 2 is 1.93 bits per heavy atom. The fraction of sp³-hybridized carbons (Fsp3) is 0.421. The number of unbranched alkanes of at least 4 members (excludes halogenated alkanes) is 1. The van der Waals surface area contributed by atoms with Crippen LogP contribution in [0.15, 0.2) is 52.0 Å². The molecule has 0 N–H and O–H groups in total. The van der Waals surface area contributed by atoms with Gasteiger partial charge in [0.1, 0.15) is 11.5 Å². The third kappa shape index (κ3) is 5.21. The normalized spacial score (nSPS) is 11.8. The van der Waals surface area contributed by atoms with E-state index in [2.05, 4.69) is 22.4 Å². The molecule has 2 heterocycles. The minimum atomic E-state index is -3.81. The van der Waals surface area contributed by atoms with Gasteiger partial charge < -0.3 is 9.15 Å². The van der Waals surface area contributed by atoms with E-state index in [0.29, 0.717) is 30.5 Å². The monoisotopic (exact) mass is 419 g/mol. The first kappa shape index (κ1) is 21.0. The zero-order valence-electron chi connectivity index (χ0n) is 16.6. The van der Waals surface area contributed by atoms with Crippen molar-refractivity contribution >= 4 is 10.0 Å². The van der Waals surface area contributed by atoms with E-state index in [9.17, 15) is 8.42 Å². The third-order valence-electron chi connectivity index (χ3n) is 4.33. The van der Waals surface area contributed by atoms with Crippen molar-refractivity contribution in [2.24, 2.45) is 0 Å². The first-order valence-electron chi connectivity index (χ1n) is 9.55. The number of aryl methyl sites for hydroxylation is 1. The molecule has 0 radical (unpaired) electrons. The third-order valence-corrected chi connectivity index (χ3v) is 6.14. The van der Waals surface area contributed by atoms with E-state index in [1.165, 1.54) is 22.7 Å². The largest absolute Gasteiger partial charge is 0.494 e. The van der Waals surface area contributed by atoms with Crippen molar-refractivity contribution in [3.05, 3.63) is 54.2 Å². The molecule has 9 nitrogen and oxygen atoms in total. The van der Waals surface area contributed by atoms with Crippen molar-refractivity contribution in [2.45, 2.75) is 51.2 Å². The molecule has 0 amide bonds. The summed E-state index contributed by atoms with van der Waals surface area (Å²) in [6, 6.07) is 9.83. The van der Waals surface area contributed by atoms with Gasteiger partial charge in [0.15, 0.2) is 5.82 Å². The summed E-state index contributed by atoms with van der Waals surface area (Å²) in [5.74, 6) is 1.64. The highest BCUT2D eigenvalue weighted by atomic mass is 32.2. The number of aromatic nitrogens is 4. The van der Waals surface area contributed by atoms with Gasteiger partial charge in [-0.2, -0.15) is 4.31 Å². The topological polar surface area (TPSA) is 103 Å². The molecule has 0 aliphatic carbocycles. The first-order valence-corrected chi connectivity index (χ1v) is 11.0. The van der Waals surface area contributed by atoms with Crippen molar-refractivity contribution in [1.29, 1.82) is 0 Å². The molecule has 2 aromatic heterocycles. The molecule has 3 rings (SSSR count). The number of nitrogens with zero attached hydrogens (tertiary/aromatic N) is 5. The van der Waals surface area contributed by atoms with Crippen LogP contribution in [0.4, 0.5) is 0 Å². The SMILES string of the molecule is CCCCn1nnnc1CN(Cc1ccco1)S(=O)(=O)c1ccc(OCC)cc1. The predicted molar refractivity (Wildman–Crippen MR) is 105 cm³/mol. The second-order valence-electron chi connectivity index (χ2n) is 6.43. The van der Waals surface area contributed by atoms with Crippen LogP contribution in [0.25, 0.3) is 0 Å². The van der Waals surface area contributed by atoms with Crippen molar-refractivity contribution in [2.75, 3.05) is 6.61 Å². The highest BCUT2D eigenvalue weighted by molar-refractivity contribution is 7.89. The maximum Gasteiger partial charge on any atom is 0.243 e. The number of sulfonamides is 1. The van der Waals surface area contributed by atoms with Crippen LogP contribution in [0.1, 0.15) is 38.3 Å². The quantitative estimate of drug-likeness (QED) is 0.471. The van der Waals surface area contributed by atoms with E-state index in [1.807, 2.05) is 6.92 Å². The summed E-state index contributed by atoms with van der Waals surface area (Å²) in [5.41, 5.74) is 0. The van der Waals surface area contributed by atoms with Gasteiger partial charge in [0.05, 0.1) is 30.9 Å². The number of benzene rings is 1. The zero-order valence-corrected chi connectivity index (χ0v) is 17.4. The molecule has 0 aliphatic rings. The Labute approximate surface area is 170 Å². The maximum absolute atomic E-state index is 13.3. The van der Waals surface area contributed by atoms with E-state index >= 15 is 0 Å². The van der Waals surface area contributed by atoms with Crippen LogP contribution < -0.4 is 4.74 Å². The Balaban J connectivity index is 1.89. The van der Waals surface area contributed by atoms with Crippen LogP contribution in [-0.4, -0.2) is 39.5 Å². The fourth-order valence-electron chi connectivity index (χ4n) is 2.80. The molecular formula is C19H25N5O4S. The van der Waals surface area contributed by atoms with Gasteiger partial charge in [-0.25, -0.2) is 13.1 Å². The van der Waals surface area contributed by atoms with Crippen LogP contribution in [-0.2, 0) is 29.7 Å². The molecule has 0 spiro atoms. The number of hydrogen-bond donors (Lipinski definition) is 0. The summed E-state index contributed by atoms with van der Waals surface area (Å²) in [4.78, 5) is 0.167. The Hall–Kier alpha value is -2.72. The first-order chi connectivity index (χ1) is 14.0. The molecule has 10 heteroatoms. The molecule has 0 atom stereocenters. The van der Waals surface area contributed by atoms with Crippen molar-refractivity contribution in [1.82, 2.24) is 24.5 Å². The van der Waals surface area contributed by atoms with Crippen molar-refractivity contribution < 1.29 is 17.6 Å². The number of hydrogen-bond acceptors (Lipinski definition) is 7. The molecule has 3 aromatic rings. The molecule has 156 valence electrons. The Morgan fingerprint density at radius 3 is 2.59 bits per heavy atom. The van der Waals surface area contributed by atoms with Gasteiger partial charge in [-0.05, 0) is 60.2 Å². The predicted octanol–water partition coefficient (Wildman–Crippen LogP) is 2.86. The minimum absolute atomic E-state index is 0.0347. The van der Waals surface area contributed by atoms with Crippen LogP contribution in [0.5, 0.6) is 5.75 Å². The lowest BCUT2D eigenvalue weighted by molar-refractivity contribution is 0.339. The van der Waals surface area contributed by atoms with Gasteiger partial charge >= 0.3 is 0 Å². The number of furan rings is 1. The summed E-state index contributed by atoms with van der Waals surface area (Å²) in [6.07, 6.45) is 3.41. The Bertz CT molecular complexity index is 984. The van der Waals surface area contributed by atoms with E-state index in [0.717, 1.165) is 12.8 Å². The second kappa shape index (κ2) is 9.66. The summed E-state index contributed by atoms with van der Waals surface area (Å²) >= 11 is 0. The van der Waals surface area contributed by atoms with Gasteiger partial charge in [0, 0.05) is 6.54 Å². The van der Waals surface area contributed by atoms with Gasteiger partial charge in [-0.1, -0.05) is 13.3 Å². The lowest BCUT2D eigenvalue weighted by Crippen LogP contribution is -2.31. The molecule has 29 heavy (non-hydrogen) atoms. The van der Waals surface area contributed by atoms with Crippen LogP contribution in [0, 0.1) is 0 Å². The number of tetrazole rings is 1. The second-order valence-corrected chi connectivity index (χ2v) is 8.37. The van der Waals surface area contributed by atoms with E-state index in [1.54, 1.807) is 28.9 Å². The lowest BCUT2D eigenvalue weighted by Gasteiger charge is -2.21. The molecule has 1 aromatic carbocycles. The summed E-state index contributed by atoms with van der Waals surface area (Å²) in [5, 5.41) is 11.7. The maximum atomic E-state index is 13.3. The Morgan fingerprint density at radius 1 is 1.14 bits per heavy atom. The fourth-order valence-corrected chi connectivity index (χ4v) is 4.16. The van der Waals surface area contributed by atoms with Crippen LogP contribution in [0.3, 0.4) is 0 Å². The standard InChI is InChI=1S/C19H25N5O4S/c1-3-5-12-24-19(20-21-22-24)15-23(14-17-7-6-13-28-17)29(25,26)18-10-8-16(9-11-18)27-4-2/h6-11,13H,3-5,12,14-15H2,1-2H3. The van der Waals surface area contributed by atoms with Crippen molar-refractivity contribution in [3.63, 3.8) is 0 Å². The molecule has 0 saturated heterocycles. The molecule has 0 bridgehead atoms. The lowest BCUT2D eigenvalue weighted by atomic mass is 10.3. The average Bonchev–Trinajstić information content (AvgIpc) is 3.38. The van der Waals surface area contributed by atoms with Crippen LogP contribution in [0.2, 0.25) is 0 Å². The molecular weight excluding hydrogens is 394 g/mol. The van der Waals surface area contributed by atoms with Gasteiger partial charge in [-0.3, -0.25) is 0 Å². The minimum Gasteiger partial charge on any atom is -0.494 e. The van der Waals surface area contributed by atoms with Crippen LogP contribution >= 0.6 is 0 Å². The van der Waals surface area contributed by atoms with Gasteiger partial charge in [-0.15, -0.1) is 5.10 Å². The van der Waals surface area contributed by atoms with Gasteiger partial charge in [0.2, 0.25) is 10.0 Å². The molecule has 0 unspecified atom stereocenters. The van der Waals surface area contributed by atoms with E-state index in [-0.39, 0.29) is 18.0 Å². The smallest absolute Gasteiger partial charge is 0.243 e. The Kier molecular flexibility index (Phi) is 6.99. The molecule has 0 aliphatic heterocycles. The number of ether oxygens (including phenoxy) is 1. The number of rotatable bonds is 11. The summed E-state index contributed by atoms with van der Waals surface area (Å²) < 4.78 is 40.4. The van der Waals surface area contributed by atoms with Crippen molar-refractivity contribution in [3.8, 4) is 5.75 Å². The van der Waals surface area contributed by atoms with E-state index in [4.69, 9.17) is 9.15 Å². The highest BCUT2D eigenvalue weighted by Crippen LogP contribution is 2.23. The average molecular weight is 420 g/mol. The zero-order chi connectivity index (χ0) is 20.7. The molecule has 0 saturated carbocycles. The highest BCUT2D eigenvalue weighted by Gasteiger charge is 2.28. The summed E-state index contributed by atoms with van der Waals surface area (Å²) in [6.45, 7) is 5.20. The van der Waals surface area contributed by atoms with Gasteiger partial charge in [0.25, 0.3) is 0 Å². The summed E-state index contributed by atoms with van der Waals surface area (Å²) in [7, 11) is -3.81. The molecule has 0 fully saturated rings. The van der Waals surface area contributed by atoms with E-state index < -0.39 is 10.0 Å².